The zero-order valence-corrected chi connectivity index (χ0v) is 14.3. The van der Waals surface area contributed by atoms with Crippen LogP contribution in [0.5, 0.6) is 11.5 Å². The molecule has 0 amide bonds. The normalized spacial score (nSPS) is 12.3. The molecule has 0 bridgehead atoms. The molecule has 0 fully saturated rings. The Morgan fingerprint density at radius 2 is 1.70 bits per heavy atom. The van der Waals surface area contributed by atoms with E-state index in [1.54, 1.807) is 12.1 Å². The van der Waals surface area contributed by atoms with Crippen molar-refractivity contribution in [3.8, 4) is 11.5 Å². The number of ether oxygens (including phenoxy) is 1. The fourth-order valence-electron chi connectivity index (χ4n) is 1.65. The molecular weight excluding hydrogens is 384 g/mol. The summed E-state index contributed by atoms with van der Waals surface area (Å²) in [6, 6.07) is 8.62. The van der Waals surface area contributed by atoms with Gasteiger partial charge in [-0.15, -0.1) is 0 Å². The Kier molecular flexibility index (Phi) is 5.21. The van der Waals surface area contributed by atoms with Crippen molar-refractivity contribution in [2.24, 2.45) is 5.73 Å². The Hall–Kier alpha value is -0.450. The Balaban J connectivity index is 2.31. The Bertz CT molecular complexity index is 647. The first kappa shape index (κ1) is 15.9. The second-order valence-electron chi connectivity index (χ2n) is 4.27. The van der Waals surface area contributed by atoms with Crippen LogP contribution >= 0.6 is 50.7 Å². The summed E-state index contributed by atoms with van der Waals surface area (Å²) in [5.41, 5.74) is 6.85. The lowest BCUT2D eigenvalue weighted by molar-refractivity contribution is 0.482. The van der Waals surface area contributed by atoms with Crippen LogP contribution in [0.4, 0.5) is 0 Å². The molecule has 0 radical (unpaired) electrons. The molecule has 0 aliphatic rings. The van der Waals surface area contributed by atoms with Gasteiger partial charge in [-0.1, -0.05) is 56.8 Å². The van der Waals surface area contributed by atoms with E-state index in [9.17, 15) is 0 Å². The number of halogens is 4. The van der Waals surface area contributed by atoms with Gasteiger partial charge >= 0.3 is 0 Å². The Morgan fingerprint density at radius 1 is 1.05 bits per heavy atom. The first-order valence-electron chi connectivity index (χ1n) is 5.76. The van der Waals surface area contributed by atoms with Gasteiger partial charge in [0.15, 0.2) is 0 Å². The summed E-state index contributed by atoms with van der Waals surface area (Å²) in [7, 11) is 0. The second kappa shape index (κ2) is 6.54. The molecule has 2 N–H and O–H groups in total. The molecule has 0 saturated carbocycles. The molecule has 2 aromatic carbocycles. The Morgan fingerprint density at radius 3 is 2.30 bits per heavy atom. The third kappa shape index (κ3) is 3.60. The number of hydrogen-bond acceptors (Lipinski definition) is 2. The minimum atomic E-state index is -0.0630. The quantitative estimate of drug-likeness (QED) is 0.626. The van der Waals surface area contributed by atoms with Crippen molar-refractivity contribution in [2.75, 3.05) is 0 Å². The van der Waals surface area contributed by atoms with Crippen LogP contribution in [0.3, 0.4) is 0 Å². The summed E-state index contributed by atoms with van der Waals surface area (Å²) >= 11 is 21.4. The van der Waals surface area contributed by atoms with Crippen LogP contribution in [-0.4, -0.2) is 0 Å². The molecular formula is C14H11BrCl3NO. The maximum Gasteiger partial charge on any atom is 0.147 e. The van der Waals surface area contributed by atoms with E-state index >= 15 is 0 Å². The highest BCUT2D eigenvalue weighted by Gasteiger charge is 2.10. The van der Waals surface area contributed by atoms with Crippen LogP contribution in [0.15, 0.2) is 34.8 Å². The summed E-state index contributed by atoms with van der Waals surface area (Å²) < 4.78 is 6.59. The van der Waals surface area contributed by atoms with E-state index in [1.165, 1.54) is 0 Å². The average Bonchev–Trinajstić information content (AvgIpc) is 2.35. The summed E-state index contributed by atoms with van der Waals surface area (Å²) in [5.74, 6) is 1.07. The molecule has 20 heavy (non-hydrogen) atoms. The molecule has 2 rings (SSSR count). The third-order valence-corrected chi connectivity index (χ3v) is 4.37. The molecule has 0 aliphatic carbocycles. The average molecular weight is 396 g/mol. The zero-order chi connectivity index (χ0) is 14.9. The Labute approximate surface area is 140 Å². The van der Waals surface area contributed by atoms with Crippen LogP contribution in [0.25, 0.3) is 0 Å². The molecule has 0 unspecified atom stereocenters. The molecule has 0 heterocycles. The van der Waals surface area contributed by atoms with Crippen molar-refractivity contribution < 1.29 is 4.74 Å². The molecule has 0 aromatic heterocycles. The second-order valence-corrected chi connectivity index (χ2v) is 6.35. The number of rotatable bonds is 3. The topological polar surface area (TPSA) is 35.2 Å². The fourth-order valence-corrected chi connectivity index (χ4v) is 2.94. The summed E-state index contributed by atoms with van der Waals surface area (Å²) in [5, 5.41) is 1.17. The summed E-state index contributed by atoms with van der Waals surface area (Å²) in [6.45, 7) is 1.91. The minimum absolute atomic E-state index is 0.0630. The fraction of sp³-hybridized carbons (Fsp3) is 0.143. The van der Waals surface area contributed by atoms with E-state index in [1.807, 2.05) is 25.1 Å². The van der Waals surface area contributed by atoms with Crippen molar-refractivity contribution >= 4 is 50.7 Å². The van der Waals surface area contributed by atoms with Crippen molar-refractivity contribution in [1.82, 2.24) is 0 Å². The van der Waals surface area contributed by atoms with Gasteiger partial charge in [0.25, 0.3) is 0 Å². The predicted octanol–water partition coefficient (Wildman–Crippen LogP) is 6.22. The largest absolute Gasteiger partial charge is 0.456 e. The van der Waals surface area contributed by atoms with E-state index in [0.717, 1.165) is 10.0 Å². The molecule has 106 valence electrons. The molecule has 2 aromatic rings. The lowest BCUT2D eigenvalue weighted by Crippen LogP contribution is -2.05. The van der Waals surface area contributed by atoms with Gasteiger partial charge in [-0.05, 0) is 30.7 Å². The zero-order valence-electron chi connectivity index (χ0n) is 10.5. The first-order valence-corrected chi connectivity index (χ1v) is 7.68. The number of hydrogen-bond donors (Lipinski definition) is 1. The minimum Gasteiger partial charge on any atom is -0.456 e. The van der Waals surface area contributed by atoms with Gasteiger partial charge in [0.05, 0.1) is 15.1 Å². The van der Waals surface area contributed by atoms with Crippen molar-refractivity contribution in [1.29, 1.82) is 0 Å². The summed E-state index contributed by atoms with van der Waals surface area (Å²) in [6.07, 6.45) is 0. The van der Waals surface area contributed by atoms with Gasteiger partial charge in [0.1, 0.15) is 11.5 Å². The lowest BCUT2D eigenvalue weighted by atomic mass is 10.1. The van der Waals surface area contributed by atoms with Crippen LogP contribution in [0.1, 0.15) is 18.5 Å². The van der Waals surface area contributed by atoms with E-state index < -0.39 is 0 Å². The van der Waals surface area contributed by atoms with E-state index in [-0.39, 0.29) is 6.04 Å². The van der Waals surface area contributed by atoms with Crippen molar-refractivity contribution in [3.63, 3.8) is 0 Å². The van der Waals surface area contributed by atoms with E-state index in [0.29, 0.717) is 26.6 Å². The standard InChI is InChI=1S/C14H11BrCl3NO/c1-7(19)9-3-2-8(4-10(9)15)20-14-6-12(17)11(16)5-13(14)18/h2-7H,19H2,1H3/t7-/m1/s1. The van der Waals surface area contributed by atoms with Crippen LogP contribution in [0.2, 0.25) is 15.1 Å². The highest BCUT2D eigenvalue weighted by molar-refractivity contribution is 9.10. The maximum absolute atomic E-state index is 6.07. The van der Waals surface area contributed by atoms with Gasteiger partial charge in [-0.25, -0.2) is 0 Å². The van der Waals surface area contributed by atoms with Crippen molar-refractivity contribution in [2.45, 2.75) is 13.0 Å². The monoisotopic (exact) mass is 393 g/mol. The lowest BCUT2D eigenvalue weighted by Gasteiger charge is -2.12. The SMILES string of the molecule is C[C@@H](N)c1ccc(Oc2cc(Cl)c(Cl)cc2Cl)cc1Br. The third-order valence-electron chi connectivity index (χ3n) is 2.67. The number of benzene rings is 2. The highest BCUT2D eigenvalue weighted by Crippen LogP contribution is 2.37. The van der Waals surface area contributed by atoms with Crippen LogP contribution in [0, 0.1) is 0 Å². The predicted molar refractivity (Wildman–Crippen MR) is 88.3 cm³/mol. The van der Waals surface area contributed by atoms with Gasteiger partial charge in [-0.3, -0.25) is 0 Å². The van der Waals surface area contributed by atoms with Crippen molar-refractivity contribution in [3.05, 3.63) is 55.4 Å². The molecule has 0 aliphatic heterocycles. The van der Waals surface area contributed by atoms with Gasteiger partial charge in [-0.2, -0.15) is 0 Å². The highest BCUT2D eigenvalue weighted by atomic mass is 79.9. The molecule has 6 heteroatoms. The smallest absolute Gasteiger partial charge is 0.147 e. The van der Waals surface area contributed by atoms with E-state index in [2.05, 4.69) is 15.9 Å². The van der Waals surface area contributed by atoms with E-state index in [4.69, 9.17) is 45.3 Å². The maximum atomic E-state index is 6.07. The summed E-state index contributed by atoms with van der Waals surface area (Å²) in [4.78, 5) is 0. The first-order chi connectivity index (χ1) is 9.38. The molecule has 2 nitrogen and oxygen atoms in total. The molecule has 0 saturated heterocycles. The van der Waals surface area contributed by atoms with Crippen LogP contribution < -0.4 is 10.5 Å². The molecule has 0 spiro atoms. The van der Waals surface area contributed by atoms with Gasteiger partial charge < -0.3 is 10.5 Å². The van der Waals surface area contributed by atoms with Gasteiger partial charge in [0, 0.05) is 16.6 Å². The number of nitrogens with two attached hydrogens (primary N) is 1. The molecule has 1 atom stereocenters. The van der Waals surface area contributed by atoms with Crippen LogP contribution in [-0.2, 0) is 0 Å². The van der Waals surface area contributed by atoms with Gasteiger partial charge in [0.2, 0.25) is 0 Å².